The number of rotatable bonds is 4. The third-order valence-corrected chi connectivity index (χ3v) is 3.87. The summed E-state index contributed by atoms with van der Waals surface area (Å²) >= 11 is 0. The Morgan fingerprint density at radius 3 is 1.97 bits per heavy atom. The molecule has 2 aromatic carbocycles. The smallest absolute Gasteiger partial charge is 0.746 e. The molecule has 0 saturated heterocycles. The number of phosphoric acid groups is 1. The van der Waals surface area contributed by atoms with Gasteiger partial charge in [0.2, 0.25) is 0 Å². The molecule has 0 aliphatic heterocycles. The SMILES string of the molecule is Cc1ccc(OP(=O)([O-])O)c(C(=O)Nc2cc(C(F)(F)F)cc(C(F)(F)F)c2)c1.[Na+]. The number of halogens is 6. The van der Waals surface area contributed by atoms with Gasteiger partial charge < -0.3 is 19.6 Å². The van der Waals surface area contributed by atoms with Crippen molar-refractivity contribution in [2.24, 2.45) is 0 Å². The Balaban J connectivity index is 0.00000450. The van der Waals surface area contributed by atoms with Crippen molar-refractivity contribution in [2.45, 2.75) is 19.3 Å². The van der Waals surface area contributed by atoms with Gasteiger partial charge in [-0.3, -0.25) is 9.36 Å². The number of hydrogen-bond acceptors (Lipinski definition) is 4. The fourth-order valence-corrected chi connectivity index (χ4v) is 2.66. The van der Waals surface area contributed by atoms with Crippen LogP contribution < -0.4 is 44.3 Å². The fourth-order valence-electron chi connectivity index (χ4n) is 2.25. The van der Waals surface area contributed by atoms with E-state index < -0.39 is 54.2 Å². The molecule has 30 heavy (non-hydrogen) atoms. The van der Waals surface area contributed by atoms with E-state index in [1.54, 1.807) is 0 Å². The minimum absolute atomic E-state index is 0. The summed E-state index contributed by atoms with van der Waals surface area (Å²) in [4.78, 5) is 32.1. The molecule has 0 aromatic heterocycles. The quantitative estimate of drug-likeness (QED) is 0.401. The van der Waals surface area contributed by atoms with E-state index in [2.05, 4.69) is 4.52 Å². The summed E-state index contributed by atoms with van der Waals surface area (Å²) in [5.74, 6) is -1.93. The van der Waals surface area contributed by atoms with Crippen molar-refractivity contribution in [1.29, 1.82) is 0 Å². The second kappa shape index (κ2) is 9.29. The van der Waals surface area contributed by atoms with Gasteiger partial charge in [0.1, 0.15) is 5.75 Å². The monoisotopic (exact) mass is 465 g/mol. The average Bonchev–Trinajstić information content (AvgIpc) is 2.53. The topological polar surface area (TPSA) is 98.7 Å². The van der Waals surface area contributed by atoms with Crippen LogP contribution in [0.2, 0.25) is 0 Å². The van der Waals surface area contributed by atoms with Crippen molar-refractivity contribution in [2.75, 3.05) is 5.32 Å². The van der Waals surface area contributed by atoms with Gasteiger partial charge in [0.15, 0.2) is 0 Å². The summed E-state index contributed by atoms with van der Waals surface area (Å²) in [5.41, 5.74) is -4.29. The molecule has 158 valence electrons. The van der Waals surface area contributed by atoms with Crippen LogP contribution in [0.25, 0.3) is 0 Å². The van der Waals surface area contributed by atoms with Crippen molar-refractivity contribution in [3.05, 3.63) is 58.7 Å². The first-order valence-electron chi connectivity index (χ1n) is 7.51. The van der Waals surface area contributed by atoms with E-state index in [1.165, 1.54) is 13.0 Å². The van der Waals surface area contributed by atoms with Gasteiger partial charge in [0.25, 0.3) is 5.91 Å². The van der Waals surface area contributed by atoms with Gasteiger partial charge in [0.05, 0.1) is 16.7 Å². The first-order chi connectivity index (χ1) is 13.1. The van der Waals surface area contributed by atoms with Crippen molar-refractivity contribution in [1.82, 2.24) is 0 Å². The number of phosphoric ester groups is 1. The molecule has 0 radical (unpaired) electrons. The minimum Gasteiger partial charge on any atom is -0.746 e. The van der Waals surface area contributed by atoms with E-state index in [1.807, 2.05) is 5.32 Å². The molecule has 1 amide bonds. The Bertz CT molecular complexity index is 957. The molecule has 0 fully saturated rings. The van der Waals surface area contributed by atoms with Crippen LogP contribution in [0.5, 0.6) is 5.75 Å². The number of anilines is 1. The van der Waals surface area contributed by atoms with Crippen molar-refractivity contribution in [3.63, 3.8) is 0 Å². The summed E-state index contributed by atoms with van der Waals surface area (Å²) in [7, 11) is -5.34. The van der Waals surface area contributed by atoms with Crippen molar-refractivity contribution in [3.8, 4) is 5.75 Å². The van der Waals surface area contributed by atoms with Crippen LogP contribution in [0.15, 0.2) is 36.4 Å². The third kappa shape index (κ3) is 7.29. The van der Waals surface area contributed by atoms with Crippen LogP contribution >= 0.6 is 7.82 Å². The third-order valence-electron chi connectivity index (χ3n) is 3.44. The predicted octanol–water partition coefficient (Wildman–Crippen LogP) is 1.13. The summed E-state index contributed by atoms with van der Waals surface area (Å²) < 4.78 is 92.6. The number of alkyl halides is 6. The van der Waals surface area contributed by atoms with E-state index >= 15 is 0 Å². The molecule has 0 aliphatic carbocycles. The molecular weight excluding hydrogens is 454 g/mol. The molecule has 1 atom stereocenters. The zero-order chi connectivity index (χ0) is 22.2. The van der Waals surface area contributed by atoms with Gasteiger partial charge in [-0.15, -0.1) is 0 Å². The predicted molar refractivity (Wildman–Crippen MR) is 86.0 cm³/mol. The molecular formula is C16H11F6NNaO5P. The van der Waals surface area contributed by atoms with Crippen LogP contribution in [0.1, 0.15) is 27.0 Å². The van der Waals surface area contributed by atoms with Crippen LogP contribution in [0.3, 0.4) is 0 Å². The molecule has 6 nitrogen and oxygen atoms in total. The second-order valence-electron chi connectivity index (χ2n) is 5.81. The summed E-state index contributed by atoms with van der Waals surface area (Å²) in [6.45, 7) is 1.47. The van der Waals surface area contributed by atoms with E-state index in [0.717, 1.165) is 12.1 Å². The number of benzene rings is 2. The molecule has 0 saturated carbocycles. The van der Waals surface area contributed by atoms with Gasteiger partial charge in [-0.05, 0) is 37.3 Å². The van der Waals surface area contributed by atoms with Gasteiger partial charge >= 0.3 is 49.7 Å². The molecule has 2 N–H and O–H groups in total. The fraction of sp³-hybridized carbons (Fsp3) is 0.188. The molecule has 0 spiro atoms. The zero-order valence-electron chi connectivity index (χ0n) is 15.3. The maximum atomic E-state index is 12.9. The molecule has 0 bridgehead atoms. The van der Waals surface area contributed by atoms with Crippen LogP contribution in [-0.4, -0.2) is 10.8 Å². The van der Waals surface area contributed by atoms with Crippen molar-refractivity contribution < 1.29 is 79.6 Å². The first-order valence-corrected chi connectivity index (χ1v) is 9.01. The van der Waals surface area contributed by atoms with E-state index in [9.17, 15) is 40.6 Å². The van der Waals surface area contributed by atoms with E-state index in [0.29, 0.717) is 5.56 Å². The van der Waals surface area contributed by atoms with Gasteiger partial charge in [-0.2, -0.15) is 26.3 Å². The van der Waals surface area contributed by atoms with E-state index in [4.69, 9.17) is 4.89 Å². The first kappa shape index (κ1) is 26.5. The molecule has 1 unspecified atom stereocenters. The van der Waals surface area contributed by atoms with Crippen molar-refractivity contribution >= 4 is 19.4 Å². The molecule has 2 aromatic rings. The summed E-state index contributed by atoms with van der Waals surface area (Å²) in [5, 5.41) is 1.84. The summed E-state index contributed by atoms with van der Waals surface area (Å²) in [6, 6.07) is 3.81. The molecule has 2 rings (SSSR count). The standard InChI is InChI=1S/C16H12F6NO5P.Na/c1-8-2-3-13(28-29(25,26)27)12(4-8)14(24)23-11-6-9(15(17,18)19)5-10(7-11)16(20,21)22;/h2-7H,1H3,(H,23,24)(H2,25,26,27);/q;+1/p-1. The summed E-state index contributed by atoms with van der Waals surface area (Å²) in [6.07, 6.45) is -10.2. The number of carbonyl (C=O) groups excluding carboxylic acids is 1. The molecule has 0 heterocycles. The second-order valence-corrected chi connectivity index (χ2v) is 6.93. The maximum absolute atomic E-state index is 12.9. The van der Waals surface area contributed by atoms with Crippen LogP contribution in [0, 0.1) is 6.92 Å². The van der Waals surface area contributed by atoms with Crippen LogP contribution in [-0.2, 0) is 16.9 Å². The number of hydrogen-bond donors (Lipinski definition) is 2. The largest absolute Gasteiger partial charge is 1.00 e. The number of amides is 1. The Morgan fingerprint density at radius 2 is 1.53 bits per heavy atom. The normalized spacial score (nSPS) is 13.8. The average molecular weight is 465 g/mol. The van der Waals surface area contributed by atoms with Crippen LogP contribution in [0.4, 0.5) is 32.0 Å². The Labute approximate surface area is 187 Å². The number of nitrogens with one attached hydrogen (secondary N) is 1. The molecule has 14 heteroatoms. The molecule has 0 aliphatic rings. The van der Waals surface area contributed by atoms with Gasteiger partial charge in [-0.1, -0.05) is 11.6 Å². The maximum Gasteiger partial charge on any atom is 1.00 e. The van der Waals surface area contributed by atoms with Gasteiger partial charge in [-0.25, -0.2) is 0 Å². The Morgan fingerprint density at radius 1 is 1.03 bits per heavy atom. The number of aryl methyl sites for hydroxylation is 1. The van der Waals surface area contributed by atoms with Gasteiger partial charge in [0, 0.05) is 5.69 Å². The number of carbonyl (C=O) groups is 1. The minimum atomic E-state index is -5.34. The van der Waals surface area contributed by atoms with E-state index in [-0.39, 0.29) is 47.8 Å². The Hall–Kier alpha value is -1.56. The Kier molecular flexibility index (Phi) is 8.20. The zero-order valence-corrected chi connectivity index (χ0v) is 18.2.